The first-order chi connectivity index (χ1) is 6.90. The average molecular weight is 249 g/mol. The molecule has 0 bridgehead atoms. The fourth-order valence-electron chi connectivity index (χ4n) is 2.03. The van der Waals surface area contributed by atoms with Gasteiger partial charge in [-0.15, -0.1) is 17.5 Å². The molecule has 0 aromatic carbocycles. The van der Waals surface area contributed by atoms with Crippen LogP contribution in [0.15, 0.2) is 5.38 Å². The van der Waals surface area contributed by atoms with Crippen LogP contribution < -0.4 is 5.32 Å². The van der Waals surface area contributed by atoms with Crippen LogP contribution in [0, 0.1) is 0 Å². The topological polar surface area (TPSA) is 41.0 Å². The van der Waals surface area contributed by atoms with Crippen LogP contribution in [0.5, 0.6) is 0 Å². The van der Waals surface area contributed by atoms with E-state index in [1.54, 1.807) is 0 Å². The number of likely N-dealkylation sites (N-methyl/N-ethyl adjacent to an activating group) is 1. The fourth-order valence-corrected chi connectivity index (χ4v) is 2.47. The molecule has 1 aromatic heterocycles. The van der Waals surface area contributed by atoms with Crippen molar-refractivity contribution in [1.29, 1.82) is 0 Å². The molecule has 0 amide bonds. The van der Waals surface area contributed by atoms with Gasteiger partial charge in [-0.3, -0.25) is 4.90 Å². The number of nitrogens with zero attached hydrogens (tertiary/aromatic N) is 3. The van der Waals surface area contributed by atoms with Crippen LogP contribution in [0.2, 0.25) is 0 Å². The van der Waals surface area contributed by atoms with Crippen LogP contribution in [0.1, 0.15) is 18.5 Å². The number of rotatable bonds is 4. The SMILES string of the molecule is CNCC1CCCN1Cc1csnn1.Cl. The van der Waals surface area contributed by atoms with Crippen molar-refractivity contribution in [3.05, 3.63) is 11.1 Å². The lowest BCUT2D eigenvalue weighted by Crippen LogP contribution is -2.36. The van der Waals surface area contributed by atoms with Gasteiger partial charge in [0.1, 0.15) is 0 Å². The van der Waals surface area contributed by atoms with E-state index in [0.717, 1.165) is 18.8 Å². The van der Waals surface area contributed by atoms with Crippen molar-refractivity contribution in [2.75, 3.05) is 20.1 Å². The molecule has 0 saturated carbocycles. The number of nitrogens with one attached hydrogen (secondary N) is 1. The molecular formula is C9H17ClN4S. The summed E-state index contributed by atoms with van der Waals surface area (Å²) in [5.41, 5.74) is 1.11. The normalized spacial score (nSPS) is 21.5. The number of likely N-dealkylation sites (tertiary alicyclic amines) is 1. The van der Waals surface area contributed by atoms with Gasteiger partial charge in [-0.1, -0.05) is 4.49 Å². The van der Waals surface area contributed by atoms with Crippen molar-refractivity contribution in [1.82, 2.24) is 19.8 Å². The third-order valence-corrected chi connectivity index (χ3v) is 3.26. The van der Waals surface area contributed by atoms with Crippen molar-refractivity contribution in [3.8, 4) is 0 Å². The Labute approximate surface area is 101 Å². The molecule has 0 aliphatic carbocycles. The van der Waals surface area contributed by atoms with E-state index in [2.05, 4.69) is 19.8 Å². The minimum atomic E-state index is 0. The molecule has 1 N–H and O–H groups in total. The lowest BCUT2D eigenvalue weighted by atomic mass is 10.2. The van der Waals surface area contributed by atoms with E-state index >= 15 is 0 Å². The third kappa shape index (κ3) is 3.38. The number of hydrogen-bond acceptors (Lipinski definition) is 5. The van der Waals surface area contributed by atoms with E-state index in [4.69, 9.17) is 0 Å². The molecule has 1 fully saturated rings. The van der Waals surface area contributed by atoms with Crippen LogP contribution in [-0.2, 0) is 6.54 Å². The summed E-state index contributed by atoms with van der Waals surface area (Å²) in [6.45, 7) is 3.24. The first-order valence-electron chi connectivity index (χ1n) is 5.04. The molecule has 2 rings (SSSR count). The molecule has 1 atom stereocenters. The highest BCUT2D eigenvalue weighted by atomic mass is 35.5. The average Bonchev–Trinajstić information content (AvgIpc) is 2.80. The predicted octanol–water partition coefficient (Wildman–Crippen LogP) is 1.14. The van der Waals surface area contributed by atoms with Crippen LogP contribution in [0.25, 0.3) is 0 Å². The van der Waals surface area contributed by atoms with E-state index in [-0.39, 0.29) is 12.4 Å². The molecule has 1 aromatic rings. The second-order valence-corrected chi connectivity index (χ2v) is 4.33. The third-order valence-electron chi connectivity index (χ3n) is 2.71. The minimum Gasteiger partial charge on any atom is -0.318 e. The maximum absolute atomic E-state index is 4.08. The second-order valence-electron chi connectivity index (χ2n) is 3.72. The van der Waals surface area contributed by atoms with E-state index in [1.165, 1.54) is 30.9 Å². The first kappa shape index (κ1) is 12.8. The van der Waals surface area contributed by atoms with Gasteiger partial charge in [-0.05, 0) is 38.0 Å². The highest BCUT2D eigenvalue weighted by Gasteiger charge is 2.24. The first-order valence-corrected chi connectivity index (χ1v) is 5.88. The van der Waals surface area contributed by atoms with E-state index in [1.807, 2.05) is 12.4 Å². The largest absolute Gasteiger partial charge is 0.318 e. The summed E-state index contributed by atoms with van der Waals surface area (Å²) in [7, 11) is 2.01. The standard InChI is InChI=1S/C9H16N4S.ClH/c1-10-5-9-3-2-4-13(9)6-8-7-14-12-11-8;/h7,9-10H,2-6H2,1H3;1H. The van der Waals surface area contributed by atoms with E-state index in [9.17, 15) is 0 Å². The zero-order chi connectivity index (χ0) is 9.80. The molecule has 1 saturated heterocycles. The van der Waals surface area contributed by atoms with Crippen molar-refractivity contribution in [2.45, 2.75) is 25.4 Å². The van der Waals surface area contributed by atoms with Crippen LogP contribution in [-0.4, -0.2) is 40.7 Å². The Hall–Kier alpha value is -0.230. The van der Waals surface area contributed by atoms with Gasteiger partial charge in [0.2, 0.25) is 0 Å². The van der Waals surface area contributed by atoms with E-state index < -0.39 is 0 Å². The van der Waals surface area contributed by atoms with Crippen LogP contribution in [0.4, 0.5) is 0 Å². The van der Waals surface area contributed by atoms with E-state index in [0.29, 0.717) is 6.04 Å². The molecule has 86 valence electrons. The van der Waals surface area contributed by atoms with Gasteiger partial charge in [0, 0.05) is 24.5 Å². The second kappa shape index (κ2) is 6.37. The fraction of sp³-hybridized carbons (Fsp3) is 0.778. The molecule has 1 aliphatic rings. The highest BCUT2D eigenvalue weighted by molar-refractivity contribution is 7.03. The molecule has 2 heterocycles. The van der Waals surface area contributed by atoms with Gasteiger partial charge in [-0.2, -0.15) is 0 Å². The Balaban J connectivity index is 0.00000112. The molecule has 15 heavy (non-hydrogen) atoms. The van der Waals surface area contributed by atoms with Gasteiger partial charge < -0.3 is 5.32 Å². The summed E-state index contributed by atoms with van der Waals surface area (Å²) in [5.74, 6) is 0. The Morgan fingerprint density at radius 1 is 1.67 bits per heavy atom. The Morgan fingerprint density at radius 2 is 2.53 bits per heavy atom. The Morgan fingerprint density at radius 3 is 3.20 bits per heavy atom. The molecule has 1 unspecified atom stereocenters. The maximum atomic E-state index is 4.08. The summed E-state index contributed by atoms with van der Waals surface area (Å²) >= 11 is 1.43. The van der Waals surface area contributed by atoms with Crippen LogP contribution >= 0.6 is 23.9 Å². The number of hydrogen-bond donors (Lipinski definition) is 1. The summed E-state index contributed by atoms with van der Waals surface area (Å²) < 4.78 is 3.88. The van der Waals surface area contributed by atoms with Gasteiger partial charge >= 0.3 is 0 Å². The minimum absolute atomic E-state index is 0. The smallest absolute Gasteiger partial charge is 0.0895 e. The molecule has 0 spiro atoms. The predicted molar refractivity (Wildman–Crippen MR) is 64.5 cm³/mol. The van der Waals surface area contributed by atoms with Gasteiger partial charge in [0.25, 0.3) is 0 Å². The Kier molecular flexibility index (Phi) is 5.45. The quantitative estimate of drug-likeness (QED) is 0.868. The van der Waals surface area contributed by atoms with Crippen molar-refractivity contribution in [2.24, 2.45) is 0 Å². The lowest BCUT2D eigenvalue weighted by molar-refractivity contribution is 0.239. The molecule has 0 radical (unpaired) electrons. The van der Waals surface area contributed by atoms with Crippen molar-refractivity contribution < 1.29 is 0 Å². The monoisotopic (exact) mass is 248 g/mol. The molecule has 1 aliphatic heterocycles. The van der Waals surface area contributed by atoms with Gasteiger partial charge in [0.05, 0.1) is 5.69 Å². The summed E-state index contributed by atoms with van der Waals surface area (Å²) in [5, 5.41) is 9.36. The van der Waals surface area contributed by atoms with Gasteiger partial charge in [0.15, 0.2) is 0 Å². The Bertz CT molecular complexity index is 267. The summed E-state index contributed by atoms with van der Waals surface area (Å²) in [6.07, 6.45) is 2.61. The maximum Gasteiger partial charge on any atom is 0.0895 e. The van der Waals surface area contributed by atoms with Crippen molar-refractivity contribution in [3.63, 3.8) is 0 Å². The molecule has 4 nitrogen and oxygen atoms in total. The molecule has 6 heteroatoms. The zero-order valence-electron chi connectivity index (χ0n) is 8.85. The molecular weight excluding hydrogens is 232 g/mol. The van der Waals surface area contributed by atoms with Gasteiger partial charge in [-0.25, -0.2) is 0 Å². The summed E-state index contributed by atoms with van der Waals surface area (Å²) in [4.78, 5) is 2.49. The summed E-state index contributed by atoms with van der Waals surface area (Å²) in [6, 6.07) is 0.682. The number of aromatic nitrogens is 2. The zero-order valence-corrected chi connectivity index (χ0v) is 10.5. The van der Waals surface area contributed by atoms with Crippen molar-refractivity contribution >= 4 is 23.9 Å². The highest BCUT2D eigenvalue weighted by Crippen LogP contribution is 2.18. The van der Waals surface area contributed by atoms with Crippen LogP contribution in [0.3, 0.4) is 0 Å². The number of halogens is 1. The lowest BCUT2D eigenvalue weighted by Gasteiger charge is -2.22.